The fraction of sp³-hybridized carbons (Fsp3) is 0.100. The van der Waals surface area contributed by atoms with E-state index < -0.39 is 0 Å². The molecule has 1 amide bonds. The van der Waals surface area contributed by atoms with E-state index in [4.69, 9.17) is 0 Å². The van der Waals surface area contributed by atoms with Gasteiger partial charge in [0.05, 0.1) is 12.1 Å². The first-order chi connectivity index (χ1) is 12.0. The van der Waals surface area contributed by atoms with Crippen molar-refractivity contribution in [3.05, 3.63) is 98.4 Å². The number of amides is 1. The zero-order chi connectivity index (χ0) is 17.8. The van der Waals surface area contributed by atoms with Gasteiger partial charge in [-0.25, -0.2) is 0 Å². The largest absolute Gasteiger partial charge is 0.322 e. The van der Waals surface area contributed by atoms with Crippen LogP contribution in [0.3, 0.4) is 0 Å². The van der Waals surface area contributed by atoms with Crippen molar-refractivity contribution in [1.82, 2.24) is 4.57 Å². The summed E-state index contributed by atoms with van der Waals surface area (Å²) in [5.41, 5.74) is 3.15. The number of hydrogen-bond acceptors (Lipinski definition) is 2. The van der Waals surface area contributed by atoms with Crippen molar-refractivity contribution in [1.29, 1.82) is 0 Å². The fourth-order valence-corrected chi connectivity index (χ4v) is 2.93. The summed E-state index contributed by atoms with van der Waals surface area (Å²) in [6.45, 7) is 2.44. The average molecular weight is 397 g/mol. The van der Waals surface area contributed by atoms with Crippen molar-refractivity contribution in [2.75, 3.05) is 5.32 Å². The summed E-state index contributed by atoms with van der Waals surface area (Å²) in [5, 5.41) is 2.84. The highest BCUT2D eigenvalue weighted by molar-refractivity contribution is 9.10. The van der Waals surface area contributed by atoms with E-state index in [0.29, 0.717) is 17.8 Å². The molecule has 0 spiro atoms. The van der Waals surface area contributed by atoms with Crippen LogP contribution in [0.25, 0.3) is 0 Å². The molecule has 1 aromatic heterocycles. The monoisotopic (exact) mass is 396 g/mol. The molecular weight excluding hydrogens is 380 g/mol. The molecular formula is C20H17BrN2O2. The Morgan fingerprint density at radius 2 is 1.88 bits per heavy atom. The number of nitrogens with one attached hydrogen (secondary N) is 1. The number of rotatable bonds is 4. The van der Waals surface area contributed by atoms with Gasteiger partial charge in [0.1, 0.15) is 0 Å². The first kappa shape index (κ1) is 17.2. The number of halogens is 1. The van der Waals surface area contributed by atoms with Crippen LogP contribution < -0.4 is 10.9 Å². The molecule has 0 radical (unpaired) electrons. The van der Waals surface area contributed by atoms with Gasteiger partial charge in [-0.1, -0.05) is 46.3 Å². The van der Waals surface area contributed by atoms with Crippen LogP contribution in [0.4, 0.5) is 5.69 Å². The molecule has 1 N–H and O–H groups in total. The smallest absolute Gasteiger partial charge is 0.257 e. The second kappa shape index (κ2) is 7.49. The average Bonchev–Trinajstić information content (AvgIpc) is 2.58. The maximum absolute atomic E-state index is 12.5. The van der Waals surface area contributed by atoms with Crippen LogP contribution in [0, 0.1) is 6.92 Å². The lowest BCUT2D eigenvalue weighted by atomic mass is 10.1. The van der Waals surface area contributed by atoms with E-state index >= 15 is 0 Å². The predicted octanol–water partition coefficient (Wildman–Crippen LogP) is 4.22. The van der Waals surface area contributed by atoms with Crippen molar-refractivity contribution in [3.63, 3.8) is 0 Å². The Kier molecular flexibility index (Phi) is 5.14. The van der Waals surface area contributed by atoms with Crippen LogP contribution in [0.1, 0.15) is 21.5 Å². The van der Waals surface area contributed by atoms with Crippen LogP contribution in [-0.4, -0.2) is 10.5 Å². The number of hydrogen-bond donors (Lipinski definition) is 1. The molecule has 0 saturated carbocycles. The number of pyridine rings is 1. The van der Waals surface area contributed by atoms with Crippen molar-refractivity contribution in [2.24, 2.45) is 0 Å². The Bertz CT molecular complexity index is 979. The third-order valence-electron chi connectivity index (χ3n) is 3.93. The second-order valence-electron chi connectivity index (χ2n) is 5.77. The maximum Gasteiger partial charge on any atom is 0.257 e. The van der Waals surface area contributed by atoms with Crippen LogP contribution in [0.5, 0.6) is 0 Å². The third kappa shape index (κ3) is 4.25. The molecule has 4 nitrogen and oxygen atoms in total. The summed E-state index contributed by atoms with van der Waals surface area (Å²) in [6.07, 6.45) is 1.60. The molecule has 25 heavy (non-hydrogen) atoms. The van der Waals surface area contributed by atoms with Crippen LogP contribution in [0.2, 0.25) is 0 Å². The Balaban J connectivity index is 1.85. The van der Waals surface area contributed by atoms with Crippen molar-refractivity contribution >= 4 is 27.5 Å². The fourth-order valence-electron chi connectivity index (χ4n) is 2.53. The van der Waals surface area contributed by atoms with Gasteiger partial charge in [0.2, 0.25) is 0 Å². The lowest BCUT2D eigenvalue weighted by Crippen LogP contribution is -2.22. The molecule has 0 aliphatic heterocycles. The first-order valence-corrected chi connectivity index (χ1v) is 8.64. The predicted molar refractivity (Wildman–Crippen MR) is 103 cm³/mol. The van der Waals surface area contributed by atoms with Gasteiger partial charge in [-0.3, -0.25) is 9.59 Å². The minimum atomic E-state index is -0.253. The number of aryl methyl sites for hydroxylation is 1. The van der Waals surface area contributed by atoms with E-state index in [0.717, 1.165) is 15.6 Å². The number of aromatic nitrogens is 1. The molecule has 0 aliphatic rings. The summed E-state index contributed by atoms with van der Waals surface area (Å²) >= 11 is 3.38. The van der Waals surface area contributed by atoms with E-state index in [1.807, 2.05) is 55.5 Å². The molecule has 3 rings (SSSR count). The third-order valence-corrected chi connectivity index (χ3v) is 4.42. The molecule has 0 bridgehead atoms. The quantitative estimate of drug-likeness (QED) is 0.717. The molecule has 3 aromatic rings. The van der Waals surface area contributed by atoms with Gasteiger partial charge >= 0.3 is 0 Å². The number of anilines is 1. The van der Waals surface area contributed by atoms with E-state index in [1.165, 1.54) is 6.07 Å². The summed E-state index contributed by atoms with van der Waals surface area (Å²) in [7, 11) is 0. The van der Waals surface area contributed by atoms with Crippen LogP contribution in [0.15, 0.2) is 76.1 Å². The molecule has 5 heteroatoms. The van der Waals surface area contributed by atoms with Crippen LogP contribution in [-0.2, 0) is 6.54 Å². The Morgan fingerprint density at radius 3 is 2.64 bits per heavy atom. The minimum Gasteiger partial charge on any atom is -0.322 e. The topological polar surface area (TPSA) is 51.1 Å². The molecule has 0 atom stereocenters. The highest BCUT2D eigenvalue weighted by atomic mass is 79.9. The van der Waals surface area contributed by atoms with E-state index in [2.05, 4.69) is 21.2 Å². The van der Waals surface area contributed by atoms with Gasteiger partial charge < -0.3 is 9.88 Å². The molecule has 2 aromatic carbocycles. The maximum atomic E-state index is 12.5. The summed E-state index contributed by atoms with van der Waals surface area (Å²) in [4.78, 5) is 24.6. The zero-order valence-corrected chi connectivity index (χ0v) is 15.3. The van der Waals surface area contributed by atoms with Gasteiger partial charge in [0.15, 0.2) is 0 Å². The van der Waals surface area contributed by atoms with Crippen LogP contribution >= 0.6 is 15.9 Å². The molecule has 0 unspecified atom stereocenters. The van der Waals surface area contributed by atoms with Crippen molar-refractivity contribution in [2.45, 2.75) is 13.5 Å². The summed E-state index contributed by atoms with van der Waals surface area (Å²) < 4.78 is 2.44. The molecule has 0 fully saturated rings. The summed E-state index contributed by atoms with van der Waals surface area (Å²) in [5.74, 6) is -0.253. The number of carbonyl (C=O) groups excluding carboxylic acids is 1. The Hall–Kier alpha value is -2.66. The normalized spacial score (nSPS) is 10.5. The SMILES string of the molecule is Cc1ccccc1Cn1cc(C(=O)Nc2cccc(Br)c2)ccc1=O. The Labute approximate surface area is 154 Å². The van der Waals surface area contributed by atoms with Gasteiger partial charge in [-0.2, -0.15) is 0 Å². The summed E-state index contributed by atoms with van der Waals surface area (Å²) in [6, 6.07) is 18.2. The first-order valence-electron chi connectivity index (χ1n) is 7.85. The van der Waals surface area contributed by atoms with E-state index in [9.17, 15) is 9.59 Å². The van der Waals surface area contributed by atoms with Crippen molar-refractivity contribution in [3.8, 4) is 0 Å². The molecule has 0 saturated heterocycles. The molecule has 1 heterocycles. The van der Waals surface area contributed by atoms with E-state index in [1.54, 1.807) is 16.8 Å². The zero-order valence-electron chi connectivity index (χ0n) is 13.7. The minimum absolute atomic E-state index is 0.137. The van der Waals surface area contributed by atoms with Gasteiger partial charge in [-0.05, 0) is 42.3 Å². The Morgan fingerprint density at radius 1 is 1.08 bits per heavy atom. The second-order valence-corrected chi connectivity index (χ2v) is 6.69. The van der Waals surface area contributed by atoms with Gasteiger partial charge in [-0.15, -0.1) is 0 Å². The lowest BCUT2D eigenvalue weighted by molar-refractivity contribution is 0.102. The highest BCUT2D eigenvalue weighted by Gasteiger charge is 2.09. The van der Waals surface area contributed by atoms with Crippen molar-refractivity contribution < 1.29 is 4.79 Å². The lowest BCUT2D eigenvalue weighted by Gasteiger charge is -2.11. The van der Waals surface area contributed by atoms with Gasteiger partial charge in [0, 0.05) is 22.4 Å². The van der Waals surface area contributed by atoms with E-state index in [-0.39, 0.29) is 11.5 Å². The number of benzene rings is 2. The number of carbonyl (C=O) groups is 1. The number of nitrogens with zero attached hydrogens (tertiary/aromatic N) is 1. The van der Waals surface area contributed by atoms with Gasteiger partial charge in [0.25, 0.3) is 11.5 Å². The standard InChI is InChI=1S/C20H17BrN2O2/c1-14-5-2-3-6-15(14)12-23-13-16(9-10-19(23)24)20(25)22-18-8-4-7-17(21)11-18/h2-11,13H,12H2,1H3,(H,22,25). The molecule has 0 aliphatic carbocycles. The highest BCUT2D eigenvalue weighted by Crippen LogP contribution is 2.16. The molecule has 126 valence electrons.